The lowest BCUT2D eigenvalue weighted by Crippen LogP contribution is -2.45. The summed E-state index contributed by atoms with van der Waals surface area (Å²) >= 11 is 6.01. The summed E-state index contributed by atoms with van der Waals surface area (Å²) in [6, 6.07) is 7.46. The quantitative estimate of drug-likeness (QED) is 0.716. The Morgan fingerprint density at radius 1 is 1.37 bits per heavy atom. The highest BCUT2D eigenvalue weighted by molar-refractivity contribution is 6.30. The number of aliphatic hydroxyl groups is 1. The molecule has 0 aliphatic carbocycles. The summed E-state index contributed by atoms with van der Waals surface area (Å²) in [7, 11) is 0. The lowest BCUT2D eigenvalue weighted by Gasteiger charge is -2.29. The van der Waals surface area contributed by atoms with Crippen LogP contribution >= 0.6 is 11.6 Å². The van der Waals surface area contributed by atoms with Crippen molar-refractivity contribution in [2.24, 2.45) is 0 Å². The second kappa shape index (κ2) is 7.76. The molecular weight excluding hydrogens is 364 g/mol. The molecule has 2 unspecified atom stereocenters. The fraction of sp³-hybridized carbons (Fsp3) is 0.350. The van der Waals surface area contributed by atoms with Gasteiger partial charge in [0.15, 0.2) is 0 Å². The Hall–Kier alpha value is -2.28. The van der Waals surface area contributed by atoms with Crippen LogP contribution in [0.4, 0.5) is 0 Å². The Morgan fingerprint density at radius 3 is 3.04 bits per heavy atom. The Kier molecular flexibility index (Phi) is 5.20. The molecule has 0 saturated carbocycles. The monoisotopic (exact) mass is 386 g/mol. The van der Waals surface area contributed by atoms with Gasteiger partial charge in [0.1, 0.15) is 11.9 Å². The van der Waals surface area contributed by atoms with Gasteiger partial charge in [-0.3, -0.25) is 9.69 Å². The maximum Gasteiger partial charge on any atom is 0.269 e. The molecule has 3 aliphatic heterocycles. The van der Waals surface area contributed by atoms with E-state index in [1.165, 1.54) is 0 Å². The van der Waals surface area contributed by atoms with Crippen molar-refractivity contribution in [3.05, 3.63) is 70.7 Å². The first-order valence-electron chi connectivity index (χ1n) is 9.17. The number of halogens is 1. The van der Waals surface area contributed by atoms with E-state index in [4.69, 9.17) is 11.6 Å². The molecule has 1 amide bonds. The number of carbonyl (C=O) groups is 1. The maximum absolute atomic E-state index is 12.8. The predicted molar refractivity (Wildman–Crippen MR) is 104 cm³/mol. The zero-order chi connectivity index (χ0) is 18.8. The molecule has 7 heteroatoms. The number of carbonyl (C=O) groups excluding carboxylic acids is 1. The molecule has 0 spiro atoms. The number of hydrogen-bond acceptors (Lipinski definition) is 5. The van der Waals surface area contributed by atoms with Crippen molar-refractivity contribution in [1.82, 2.24) is 20.4 Å². The second-order valence-electron chi connectivity index (χ2n) is 7.04. The van der Waals surface area contributed by atoms with E-state index >= 15 is 0 Å². The zero-order valence-corrected chi connectivity index (χ0v) is 15.7. The number of rotatable bonds is 5. The average molecular weight is 387 g/mol. The number of amides is 1. The molecular formula is C20H23ClN4O2. The lowest BCUT2D eigenvalue weighted by molar-refractivity contribution is -0.118. The molecule has 3 heterocycles. The van der Waals surface area contributed by atoms with Gasteiger partial charge in [0.2, 0.25) is 0 Å². The van der Waals surface area contributed by atoms with Crippen molar-refractivity contribution in [3.63, 3.8) is 0 Å². The molecule has 4 rings (SSSR count). The number of likely N-dealkylation sites (tertiary alicyclic amines) is 1. The SMILES string of the molecule is O=C(NCc1cccc(Cl)c1)C1=C2C=CC=CN2C(CN2CCC(O)C2)N1. The fourth-order valence-electron chi connectivity index (χ4n) is 3.71. The van der Waals surface area contributed by atoms with Crippen LogP contribution in [0.25, 0.3) is 0 Å². The first-order valence-corrected chi connectivity index (χ1v) is 9.55. The van der Waals surface area contributed by atoms with Crippen LogP contribution in [0.3, 0.4) is 0 Å². The van der Waals surface area contributed by atoms with Crippen LogP contribution in [-0.4, -0.2) is 52.7 Å². The van der Waals surface area contributed by atoms with Crippen LogP contribution in [-0.2, 0) is 11.3 Å². The number of β-amino-alcohol motifs (C(OH)–C–C–N with tert-alkyl or cyclic N) is 1. The molecule has 1 fully saturated rings. The molecule has 0 bridgehead atoms. The third-order valence-electron chi connectivity index (χ3n) is 5.04. The third-order valence-corrected chi connectivity index (χ3v) is 5.28. The van der Waals surface area contributed by atoms with Gasteiger partial charge in [-0.25, -0.2) is 0 Å². The Bertz CT molecular complexity index is 820. The molecule has 2 atom stereocenters. The average Bonchev–Trinajstić information content (AvgIpc) is 3.24. The number of hydrogen-bond donors (Lipinski definition) is 3. The van der Waals surface area contributed by atoms with Gasteiger partial charge in [-0.1, -0.05) is 29.8 Å². The van der Waals surface area contributed by atoms with Crippen LogP contribution in [0.5, 0.6) is 0 Å². The van der Waals surface area contributed by atoms with Gasteiger partial charge in [0.25, 0.3) is 5.91 Å². The molecule has 142 valence electrons. The normalized spacial score (nSPS) is 24.3. The van der Waals surface area contributed by atoms with E-state index in [0.29, 0.717) is 23.8 Å². The molecule has 1 aromatic carbocycles. The van der Waals surface area contributed by atoms with Gasteiger partial charge in [0, 0.05) is 37.4 Å². The minimum absolute atomic E-state index is 0.0292. The predicted octanol–water partition coefficient (Wildman–Crippen LogP) is 1.55. The minimum Gasteiger partial charge on any atom is -0.392 e. The topological polar surface area (TPSA) is 67.8 Å². The molecule has 3 N–H and O–H groups in total. The molecule has 0 radical (unpaired) electrons. The van der Waals surface area contributed by atoms with Gasteiger partial charge in [-0.05, 0) is 36.3 Å². The van der Waals surface area contributed by atoms with Crippen molar-refractivity contribution >= 4 is 17.5 Å². The largest absolute Gasteiger partial charge is 0.392 e. The number of benzene rings is 1. The van der Waals surface area contributed by atoms with Crippen LogP contribution in [0.15, 0.2) is 60.1 Å². The van der Waals surface area contributed by atoms with Gasteiger partial charge >= 0.3 is 0 Å². The third kappa shape index (κ3) is 4.03. The van der Waals surface area contributed by atoms with E-state index in [0.717, 1.165) is 30.8 Å². The summed E-state index contributed by atoms with van der Waals surface area (Å²) in [6.07, 6.45) is 8.34. The van der Waals surface area contributed by atoms with Crippen molar-refractivity contribution in [3.8, 4) is 0 Å². The summed E-state index contributed by atoms with van der Waals surface area (Å²) in [5.41, 5.74) is 2.39. The van der Waals surface area contributed by atoms with Gasteiger partial charge in [0.05, 0.1) is 11.8 Å². The van der Waals surface area contributed by atoms with Crippen molar-refractivity contribution in [2.75, 3.05) is 19.6 Å². The van der Waals surface area contributed by atoms with Gasteiger partial charge < -0.3 is 20.6 Å². The first-order chi connectivity index (χ1) is 13.1. The maximum atomic E-state index is 12.8. The van der Waals surface area contributed by atoms with E-state index < -0.39 is 0 Å². The molecule has 1 aromatic rings. The van der Waals surface area contributed by atoms with Crippen LogP contribution in [0.2, 0.25) is 5.02 Å². The molecule has 1 saturated heterocycles. The summed E-state index contributed by atoms with van der Waals surface area (Å²) in [4.78, 5) is 17.1. The van der Waals surface area contributed by atoms with Crippen LogP contribution in [0.1, 0.15) is 12.0 Å². The van der Waals surface area contributed by atoms with Crippen LogP contribution < -0.4 is 10.6 Å². The van der Waals surface area contributed by atoms with Gasteiger partial charge in [-0.2, -0.15) is 0 Å². The first kappa shape index (κ1) is 18.1. The summed E-state index contributed by atoms with van der Waals surface area (Å²) in [6.45, 7) is 2.71. The number of fused-ring (bicyclic) bond motifs is 1. The minimum atomic E-state index is -0.254. The van der Waals surface area contributed by atoms with Crippen molar-refractivity contribution < 1.29 is 9.90 Å². The van der Waals surface area contributed by atoms with E-state index in [1.807, 2.05) is 48.7 Å². The summed E-state index contributed by atoms with van der Waals surface area (Å²) < 4.78 is 0. The van der Waals surface area contributed by atoms with Crippen molar-refractivity contribution in [1.29, 1.82) is 0 Å². The number of aliphatic hydroxyl groups excluding tert-OH is 1. The van der Waals surface area contributed by atoms with E-state index in [9.17, 15) is 9.90 Å². The standard InChI is InChI=1S/C20H23ClN4O2/c21-15-5-3-4-14(10-15)11-22-20(27)19-17-6-1-2-8-25(17)18(23-19)13-24-9-7-16(26)12-24/h1-6,8,10,16,18,23,26H,7,9,11-13H2,(H,22,27). The van der Waals surface area contributed by atoms with Gasteiger partial charge in [-0.15, -0.1) is 0 Å². The molecule has 3 aliphatic rings. The number of nitrogens with zero attached hydrogens (tertiary/aromatic N) is 2. The Balaban J connectivity index is 1.43. The van der Waals surface area contributed by atoms with E-state index in [1.54, 1.807) is 0 Å². The van der Waals surface area contributed by atoms with Crippen molar-refractivity contribution in [2.45, 2.75) is 25.2 Å². The van der Waals surface area contributed by atoms with E-state index in [-0.39, 0.29) is 18.2 Å². The highest BCUT2D eigenvalue weighted by atomic mass is 35.5. The Labute approximate surface area is 163 Å². The Morgan fingerprint density at radius 2 is 2.26 bits per heavy atom. The molecule has 0 aromatic heterocycles. The van der Waals surface area contributed by atoms with E-state index in [2.05, 4.69) is 20.4 Å². The smallest absolute Gasteiger partial charge is 0.269 e. The highest BCUT2D eigenvalue weighted by Gasteiger charge is 2.35. The lowest BCUT2D eigenvalue weighted by atomic mass is 10.2. The highest BCUT2D eigenvalue weighted by Crippen LogP contribution is 2.26. The summed E-state index contributed by atoms with van der Waals surface area (Å²) in [5.74, 6) is -0.140. The molecule has 27 heavy (non-hydrogen) atoms. The molecule has 6 nitrogen and oxygen atoms in total. The zero-order valence-electron chi connectivity index (χ0n) is 14.9. The second-order valence-corrected chi connectivity index (χ2v) is 7.48. The number of nitrogens with one attached hydrogen (secondary N) is 2. The fourth-order valence-corrected chi connectivity index (χ4v) is 3.92. The number of allylic oxidation sites excluding steroid dienone is 3. The van der Waals surface area contributed by atoms with Crippen LogP contribution in [0, 0.1) is 0 Å². The summed E-state index contributed by atoms with van der Waals surface area (Å²) in [5, 5.41) is 16.7.